The van der Waals surface area contributed by atoms with Crippen LogP contribution in [-0.4, -0.2) is 12.7 Å². The number of hydrogen-bond donors (Lipinski definition) is 0. The number of thiophene rings is 1. The molecule has 1 aliphatic heterocycles. The van der Waals surface area contributed by atoms with Crippen LogP contribution in [0.2, 0.25) is 0 Å². The van der Waals surface area contributed by atoms with E-state index < -0.39 is 0 Å². The largest absolute Gasteiger partial charge is 0.377 e. The molecule has 0 bridgehead atoms. The van der Waals surface area contributed by atoms with E-state index in [0.29, 0.717) is 10.9 Å². The van der Waals surface area contributed by atoms with Crippen molar-refractivity contribution >= 4 is 27.3 Å². The quantitative estimate of drug-likeness (QED) is 0.735. The van der Waals surface area contributed by atoms with Gasteiger partial charge in [-0.15, -0.1) is 11.3 Å². The minimum Gasteiger partial charge on any atom is -0.377 e. The van der Waals surface area contributed by atoms with Crippen molar-refractivity contribution in [1.82, 2.24) is 0 Å². The van der Waals surface area contributed by atoms with Crippen LogP contribution in [0.5, 0.6) is 0 Å². The zero-order chi connectivity index (χ0) is 10.8. The molecule has 1 aromatic heterocycles. The predicted molar refractivity (Wildman–Crippen MR) is 69.1 cm³/mol. The minimum absolute atomic E-state index is 0.371. The van der Waals surface area contributed by atoms with E-state index in [9.17, 15) is 0 Å². The second-order valence-electron chi connectivity index (χ2n) is 4.21. The van der Waals surface area contributed by atoms with Gasteiger partial charge in [0, 0.05) is 16.4 Å². The number of alkyl halides is 1. The van der Waals surface area contributed by atoms with Gasteiger partial charge in [0.15, 0.2) is 0 Å². The molecule has 1 saturated heterocycles. The molecule has 0 aliphatic carbocycles. The first kappa shape index (κ1) is 11.6. The Bertz CT molecular complexity index is 328. The second-order valence-corrected chi connectivity index (χ2v) is 6.49. The Morgan fingerprint density at radius 1 is 1.47 bits per heavy atom. The van der Waals surface area contributed by atoms with Crippen molar-refractivity contribution in [3.8, 4) is 0 Å². The standard InChI is InChI=1S/C12H17BrOS/c1-8-7-9(2)15-12(8)11(13)10-5-3-4-6-14-10/h7,10-11H,3-6H2,1-2H3. The summed E-state index contributed by atoms with van der Waals surface area (Å²) in [5.41, 5.74) is 1.40. The van der Waals surface area contributed by atoms with E-state index in [2.05, 4.69) is 35.8 Å². The molecule has 0 aromatic carbocycles. The summed E-state index contributed by atoms with van der Waals surface area (Å²) in [5.74, 6) is 0. The Morgan fingerprint density at radius 2 is 2.27 bits per heavy atom. The fourth-order valence-electron chi connectivity index (χ4n) is 2.10. The zero-order valence-electron chi connectivity index (χ0n) is 9.25. The van der Waals surface area contributed by atoms with Crippen molar-refractivity contribution < 1.29 is 4.74 Å². The van der Waals surface area contributed by atoms with Crippen molar-refractivity contribution in [2.24, 2.45) is 0 Å². The van der Waals surface area contributed by atoms with Gasteiger partial charge in [-0.3, -0.25) is 0 Å². The van der Waals surface area contributed by atoms with Crippen LogP contribution in [0.25, 0.3) is 0 Å². The average molecular weight is 289 g/mol. The lowest BCUT2D eigenvalue weighted by atomic mass is 10.0. The van der Waals surface area contributed by atoms with Crippen molar-refractivity contribution in [3.63, 3.8) is 0 Å². The summed E-state index contributed by atoms with van der Waals surface area (Å²) in [7, 11) is 0. The highest BCUT2D eigenvalue weighted by molar-refractivity contribution is 9.09. The smallest absolute Gasteiger partial charge is 0.0753 e. The van der Waals surface area contributed by atoms with Crippen molar-refractivity contribution in [3.05, 3.63) is 21.4 Å². The number of halogens is 1. The van der Waals surface area contributed by atoms with Gasteiger partial charge in [-0.2, -0.15) is 0 Å². The Labute approximate surface area is 104 Å². The van der Waals surface area contributed by atoms with E-state index in [1.165, 1.54) is 34.6 Å². The lowest BCUT2D eigenvalue weighted by Crippen LogP contribution is -2.23. The lowest BCUT2D eigenvalue weighted by molar-refractivity contribution is 0.0164. The highest BCUT2D eigenvalue weighted by atomic mass is 79.9. The summed E-state index contributed by atoms with van der Waals surface area (Å²) < 4.78 is 5.82. The fraction of sp³-hybridized carbons (Fsp3) is 0.667. The van der Waals surface area contributed by atoms with E-state index >= 15 is 0 Å². The molecule has 1 aromatic rings. The molecule has 0 N–H and O–H groups in total. The van der Waals surface area contributed by atoms with Gasteiger partial charge in [-0.25, -0.2) is 0 Å². The molecule has 0 spiro atoms. The third kappa shape index (κ3) is 2.63. The van der Waals surface area contributed by atoms with Gasteiger partial charge in [0.2, 0.25) is 0 Å². The van der Waals surface area contributed by atoms with E-state index in [4.69, 9.17) is 4.74 Å². The summed E-state index contributed by atoms with van der Waals surface area (Å²) in [6.45, 7) is 5.29. The molecule has 15 heavy (non-hydrogen) atoms. The molecular weight excluding hydrogens is 272 g/mol. The molecule has 0 radical (unpaired) electrons. The summed E-state index contributed by atoms with van der Waals surface area (Å²) in [4.78, 5) is 3.22. The number of rotatable bonds is 2. The molecule has 2 atom stereocenters. The summed E-state index contributed by atoms with van der Waals surface area (Å²) in [5, 5.41) is 0. The van der Waals surface area contributed by atoms with E-state index in [1.807, 2.05) is 11.3 Å². The minimum atomic E-state index is 0.371. The normalized spacial score (nSPS) is 24.1. The van der Waals surface area contributed by atoms with Crippen molar-refractivity contribution in [2.45, 2.75) is 44.0 Å². The highest BCUT2D eigenvalue weighted by Crippen LogP contribution is 2.39. The zero-order valence-corrected chi connectivity index (χ0v) is 11.7. The van der Waals surface area contributed by atoms with Crippen LogP contribution in [0, 0.1) is 13.8 Å². The number of hydrogen-bond acceptors (Lipinski definition) is 2. The van der Waals surface area contributed by atoms with Crippen LogP contribution in [0.4, 0.5) is 0 Å². The SMILES string of the molecule is Cc1cc(C)c(C(Br)C2CCCCO2)s1. The van der Waals surface area contributed by atoms with Crippen LogP contribution in [0.15, 0.2) is 6.07 Å². The molecule has 2 heterocycles. The summed E-state index contributed by atoms with van der Waals surface area (Å²) >= 11 is 5.69. The van der Waals surface area contributed by atoms with Crippen LogP contribution >= 0.6 is 27.3 Å². The molecular formula is C12H17BrOS. The Morgan fingerprint density at radius 3 is 2.80 bits per heavy atom. The van der Waals surface area contributed by atoms with Crippen LogP contribution < -0.4 is 0 Å². The van der Waals surface area contributed by atoms with Crippen molar-refractivity contribution in [2.75, 3.05) is 6.61 Å². The van der Waals surface area contributed by atoms with Gasteiger partial charge in [0.1, 0.15) is 0 Å². The van der Waals surface area contributed by atoms with Crippen LogP contribution in [0.3, 0.4) is 0 Å². The maximum atomic E-state index is 5.82. The first-order valence-electron chi connectivity index (χ1n) is 5.51. The summed E-state index contributed by atoms with van der Waals surface area (Å²) in [6.07, 6.45) is 4.08. The summed E-state index contributed by atoms with van der Waals surface area (Å²) in [6, 6.07) is 2.26. The monoisotopic (exact) mass is 288 g/mol. The predicted octanol–water partition coefficient (Wildman–Crippen LogP) is 4.37. The van der Waals surface area contributed by atoms with E-state index in [0.717, 1.165) is 6.61 Å². The molecule has 1 nitrogen and oxygen atoms in total. The second kappa shape index (κ2) is 4.98. The maximum absolute atomic E-state index is 5.82. The average Bonchev–Trinajstić information content (AvgIpc) is 2.58. The van der Waals surface area contributed by atoms with E-state index in [-0.39, 0.29) is 0 Å². The van der Waals surface area contributed by atoms with E-state index in [1.54, 1.807) is 0 Å². The molecule has 1 aliphatic rings. The van der Waals surface area contributed by atoms with Gasteiger partial charge in [0.05, 0.1) is 10.9 Å². The molecule has 0 amide bonds. The van der Waals surface area contributed by atoms with Crippen LogP contribution in [-0.2, 0) is 4.74 Å². The first-order chi connectivity index (χ1) is 7.18. The Kier molecular flexibility index (Phi) is 3.86. The lowest BCUT2D eigenvalue weighted by Gasteiger charge is -2.26. The third-order valence-corrected chi connectivity index (χ3v) is 5.46. The van der Waals surface area contributed by atoms with Gasteiger partial charge in [-0.05, 0) is 44.7 Å². The molecule has 84 valence electrons. The molecule has 3 heteroatoms. The van der Waals surface area contributed by atoms with Crippen LogP contribution in [0.1, 0.15) is 39.4 Å². The van der Waals surface area contributed by atoms with Gasteiger partial charge in [0.25, 0.3) is 0 Å². The first-order valence-corrected chi connectivity index (χ1v) is 7.24. The highest BCUT2D eigenvalue weighted by Gasteiger charge is 2.25. The Balaban J connectivity index is 2.12. The topological polar surface area (TPSA) is 9.23 Å². The van der Waals surface area contributed by atoms with Gasteiger partial charge < -0.3 is 4.74 Å². The van der Waals surface area contributed by atoms with Gasteiger partial charge in [-0.1, -0.05) is 15.9 Å². The third-order valence-electron chi connectivity index (χ3n) is 2.87. The molecule has 0 saturated carbocycles. The number of aryl methyl sites for hydroxylation is 2. The molecule has 1 fully saturated rings. The Hall–Kier alpha value is 0.140. The number of ether oxygens (including phenoxy) is 1. The fourth-order valence-corrected chi connectivity index (χ4v) is 4.22. The van der Waals surface area contributed by atoms with Gasteiger partial charge >= 0.3 is 0 Å². The molecule has 2 rings (SSSR count). The molecule has 2 unspecified atom stereocenters. The maximum Gasteiger partial charge on any atom is 0.0753 e. The van der Waals surface area contributed by atoms with Crippen molar-refractivity contribution in [1.29, 1.82) is 0 Å².